The highest BCUT2D eigenvalue weighted by Crippen LogP contribution is 2.32. The molecule has 6 heteroatoms. The van der Waals surface area contributed by atoms with Crippen molar-refractivity contribution < 1.29 is 0 Å². The summed E-state index contributed by atoms with van der Waals surface area (Å²) >= 11 is 0. The molecule has 112 valence electrons. The Labute approximate surface area is 124 Å². The first-order chi connectivity index (χ1) is 10.2. The number of anilines is 1. The Balaban J connectivity index is 1.34. The first-order valence-corrected chi connectivity index (χ1v) is 7.88. The molecule has 1 saturated heterocycles. The van der Waals surface area contributed by atoms with Gasteiger partial charge in [-0.2, -0.15) is 4.52 Å². The van der Waals surface area contributed by atoms with E-state index < -0.39 is 0 Å². The molecule has 4 rings (SSSR count). The highest BCUT2D eigenvalue weighted by molar-refractivity contribution is 5.47. The summed E-state index contributed by atoms with van der Waals surface area (Å²) in [5.41, 5.74) is 0.813. The highest BCUT2D eigenvalue weighted by Gasteiger charge is 2.31. The third-order valence-electron chi connectivity index (χ3n) is 4.74. The van der Waals surface area contributed by atoms with Gasteiger partial charge in [0.05, 0.1) is 0 Å². The van der Waals surface area contributed by atoms with E-state index in [0.717, 1.165) is 48.8 Å². The summed E-state index contributed by atoms with van der Waals surface area (Å²) in [6, 6.07) is 4.72. The normalized spacial score (nSPS) is 20.8. The third kappa shape index (κ3) is 2.48. The van der Waals surface area contributed by atoms with Gasteiger partial charge in [-0.05, 0) is 44.7 Å². The number of aryl methyl sites for hydroxylation is 1. The van der Waals surface area contributed by atoms with E-state index >= 15 is 0 Å². The largest absolute Gasteiger partial charge is 0.354 e. The lowest BCUT2D eigenvalue weighted by Gasteiger charge is -2.40. The first-order valence-electron chi connectivity index (χ1n) is 7.88. The molecule has 21 heavy (non-hydrogen) atoms. The van der Waals surface area contributed by atoms with Gasteiger partial charge in [-0.15, -0.1) is 15.3 Å². The zero-order valence-corrected chi connectivity index (χ0v) is 12.7. The standard InChI is InChI=1S/C15H22N6/c1-10(13-3-4-13)16-7-12-8-20(9-12)15-6-5-14-18-17-11(2)21(14)19-15/h5-6,10,12-13,16H,3-4,7-9H2,1-2H3. The molecule has 2 fully saturated rings. The third-order valence-corrected chi connectivity index (χ3v) is 4.74. The topological polar surface area (TPSA) is 58.4 Å². The Hall–Kier alpha value is -1.69. The molecule has 2 aliphatic rings. The molecule has 0 amide bonds. The van der Waals surface area contributed by atoms with Gasteiger partial charge in [-0.25, -0.2) is 0 Å². The van der Waals surface area contributed by atoms with E-state index in [1.165, 1.54) is 12.8 Å². The van der Waals surface area contributed by atoms with Crippen LogP contribution in [0.25, 0.3) is 5.65 Å². The van der Waals surface area contributed by atoms with E-state index in [0.29, 0.717) is 6.04 Å². The number of hydrogen-bond acceptors (Lipinski definition) is 5. The van der Waals surface area contributed by atoms with E-state index in [4.69, 9.17) is 0 Å². The lowest BCUT2D eigenvalue weighted by atomic mass is 9.99. The molecule has 0 spiro atoms. The minimum Gasteiger partial charge on any atom is -0.354 e. The van der Waals surface area contributed by atoms with E-state index in [1.54, 1.807) is 0 Å². The second kappa shape index (κ2) is 4.94. The van der Waals surface area contributed by atoms with E-state index in [2.05, 4.69) is 32.4 Å². The molecule has 2 aromatic rings. The number of hydrogen-bond donors (Lipinski definition) is 1. The van der Waals surface area contributed by atoms with Crippen LogP contribution >= 0.6 is 0 Å². The molecular formula is C15H22N6. The summed E-state index contributed by atoms with van der Waals surface area (Å²) in [7, 11) is 0. The number of rotatable bonds is 5. The van der Waals surface area contributed by atoms with Crippen molar-refractivity contribution in [3.63, 3.8) is 0 Å². The van der Waals surface area contributed by atoms with Crippen molar-refractivity contribution in [3.05, 3.63) is 18.0 Å². The van der Waals surface area contributed by atoms with Gasteiger partial charge in [0.2, 0.25) is 0 Å². The molecule has 1 aliphatic heterocycles. The van der Waals surface area contributed by atoms with Crippen molar-refractivity contribution in [2.45, 2.75) is 32.7 Å². The second-order valence-corrected chi connectivity index (χ2v) is 6.51. The van der Waals surface area contributed by atoms with Crippen molar-refractivity contribution in [2.75, 3.05) is 24.5 Å². The molecular weight excluding hydrogens is 264 g/mol. The van der Waals surface area contributed by atoms with Crippen LogP contribution in [-0.4, -0.2) is 45.5 Å². The van der Waals surface area contributed by atoms with Crippen LogP contribution < -0.4 is 10.2 Å². The van der Waals surface area contributed by atoms with Gasteiger partial charge in [-0.3, -0.25) is 0 Å². The Morgan fingerprint density at radius 2 is 2.10 bits per heavy atom. The fourth-order valence-corrected chi connectivity index (χ4v) is 3.06. The van der Waals surface area contributed by atoms with Crippen molar-refractivity contribution in [1.29, 1.82) is 0 Å². The lowest BCUT2D eigenvalue weighted by Crippen LogP contribution is -2.52. The smallest absolute Gasteiger partial charge is 0.178 e. The quantitative estimate of drug-likeness (QED) is 0.896. The molecule has 1 unspecified atom stereocenters. The summed E-state index contributed by atoms with van der Waals surface area (Å²) in [6.45, 7) is 7.55. The average molecular weight is 286 g/mol. The molecule has 3 heterocycles. The predicted molar refractivity (Wildman–Crippen MR) is 81.4 cm³/mol. The molecule has 0 aromatic carbocycles. The van der Waals surface area contributed by atoms with Crippen LogP contribution in [0.15, 0.2) is 12.1 Å². The van der Waals surface area contributed by atoms with Crippen LogP contribution in [-0.2, 0) is 0 Å². The van der Waals surface area contributed by atoms with E-state index in [-0.39, 0.29) is 0 Å². The minimum absolute atomic E-state index is 0.688. The SMILES string of the molecule is Cc1nnc2ccc(N3CC(CNC(C)C4CC4)C3)nn12. The molecule has 1 atom stereocenters. The fourth-order valence-electron chi connectivity index (χ4n) is 3.06. The summed E-state index contributed by atoms with van der Waals surface area (Å²) < 4.78 is 1.82. The minimum atomic E-state index is 0.688. The summed E-state index contributed by atoms with van der Waals surface area (Å²) in [6.07, 6.45) is 2.82. The summed E-state index contributed by atoms with van der Waals surface area (Å²) in [5.74, 6) is 3.54. The Bertz CT molecular complexity index is 641. The van der Waals surface area contributed by atoms with Crippen molar-refractivity contribution >= 4 is 11.5 Å². The number of nitrogens with zero attached hydrogens (tertiary/aromatic N) is 5. The van der Waals surface area contributed by atoms with Gasteiger partial charge < -0.3 is 10.2 Å². The predicted octanol–water partition coefficient (Wildman–Crippen LogP) is 1.26. The lowest BCUT2D eigenvalue weighted by molar-refractivity contribution is 0.354. The Morgan fingerprint density at radius 1 is 1.29 bits per heavy atom. The maximum atomic E-state index is 4.62. The van der Waals surface area contributed by atoms with Gasteiger partial charge in [-0.1, -0.05) is 0 Å². The molecule has 0 bridgehead atoms. The van der Waals surface area contributed by atoms with Crippen molar-refractivity contribution in [2.24, 2.45) is 11.8 Å². The van der Waals surface area contributed by atoms with Crippen LogP contribution in [0.2, 0.25) is 0 Å². The van der Waals surface area contributed by atoms with Crippen LogP contribution in [0.4, 0.5) is 5.82 Å². The van der Waals surface area contributed by atoms with Crippen LogP contribution in [0.5, 0.6) is 0 Å². The molecule has 6 nitrogen and oxygen atoms in total. The van der Waals surface area contributed by atoms with Gasteiger partial charge >= 0.3 is 0 Å². The van der Waals surface area contributed by atoms with Crippen molar-refractivity contribution in [1.82, 2.24) is 25.1 Å². The second-order valence-electron chi connectivity index (χ2n) is 6.51. The molecule has 1 N–H and O–H groups in total. The van der Waals surface area contributed by atoms with E-state index in [9.17, 15) is 0 Å². The Kier molecular flexibility index (Phi) is 3.06. The molecule has 1 saturated carbocycles. The average Bonchev–Trinajstić information content (AvgIpc) is 3.22. The maximum absolute atomic E-state index is 4.62. The molecule has 1 aliphatic carbocycles. The fraction of sp³-hybridized carbons (Fsp3) is 0.667. The van der Waals surface area contributed by atoms with Gasteiger partial charge in [0.1, 0.15) is 5.82 Å². The van der Waals surface area contributed by atoms with Crippen LogP contribution in [0.1, 0.15) is 25.6 Å². The number of fused-ring (bicyclic) bond motifs is 1. The van der Waals surface area contributed by atoms with Gasteiger partial charge in [0.25, 0.3) is 0 Å². The van der Waals surface area contributed by atoms with E-state index in [1.807, 2.05) is 23.6 Å². The van der Waals surface area contributed by atoms with Crippen LogP contribution in [0, 0.1) is 18.8 Å². The highest BCUT2D eigenvalue weighted by atomic mass is 15.4. The summed E-state index contributed by atoms with van der Waals surface area (Å²) in [5, 5.41) is 16.4. The van der Waals surface area contributed by atoms with Crippen LogP contribution in [0.3, 0.4) is 0 Å². The monoisotopic (exact) mass is 286 g/mol. The number of nitrogens with one attached hydrogen (secondary N) is 1. The molecule has 0 radical (unpaired) electrons. The zero-order valence-electron chi connectivity index (χ0n) is 12.7. The van der Waals surface area contributed by atoms with Gasteiger partial charge in [0, 0.05) is 31.6 Å². The van der Waals surface area contributed by atoms with Gasteiger partial charge in [0.15, 0.2) is 11.5 Å². The van der Waals surface area contributed by atoms with Crippen molar-refractivity contribution in [3.8, 4) is 0 Å². The number of aromatic nitrogens is 4. The maximum Gasteiger partial charge on any atom is 0.178 e. The Morgan fingerprint density at radius 3 is 2.86 bits per heavy atom. The summed E-state index contributed by atoms with van der Waals surface area (Å²) in [4.78, 5) is 2.33. The molecule has 2 aromatic heterocycles. The zero-order chi connectivity index (χ0) is 14.4. The first kappa shape index (κ1) is 13.0.